The first-order chi connectivity index (χ1) is 9.02. The summed E-state index contributed by atoms with van der Waals surface area (Å²) in [5, 5.41) is 38.0. The van der Waals surface area contributed by atoms with Gasteiger partial charge in [-0.1, -0.05) is 6.07 Å². The van der Waals surface area contributed by atoms with Crippen LogP contribution < -0.4 is 10.5 Å². The first-order valence-corrected chi connectivity index (χ1v) is 5.85. The zero-order valence-corrected chi connectivity index (χ0v) is 10.1. The van der Waals surface area contributed by atoms with E-state index >= 15 is 0 Å². The SMILES string of the molecule is Nc1cccc(O[C@H]2O[C@H](CO)[C@@H](O)[C@H](O)[C@@H]2O)c1. The highest BCUT2D eigenvalue weighted by molar-refractivity contribution is 5.43. The van der Waals surface area contributed by atoms with Crippen LogP contribution in [0.25, 0.3) is 0 Å². The molecule has 0 bridgehead atoms. The maximum absolute atomic E-state index is 9.78. The highest BCUT2D eigenvalue weighted by Crippen LogP contribution is 2.25. The molecule has 1 saturated heterocycles. The van der Waals surface area contributed by atoms with Gasteiger partial charge >= 0.3 is 0 Å². The van der Waals surface area contributed by atoms with Crippen LogP contribution in [-0.2, 0) is 4.74 Å². The molecular formula is C12H17NO6. The van der Waals surface area contributed by atoms with Crippen molar-refractivity contribution in [1.82, 2.24) is 0 Å². The lowest BCUT2D eigenvalue weighted by molar-refractivity contribution is -0.277. The van der Waals surface area contributed by atoms with E-state index in [1.807, 2.05) is 0 Å². The third kappa shape index (κ3) is 2.96. The molecule has 0 spiro atoms. The van der Waals surface area contributed by atoms with Crippen molar-refractivity contribution in [1.29, 1.82) is 0 Å². The van der Waals surface area contributed by atoms with E-state index in [2.05, 4.69) is 0 Å². The second-order valence-corrected chi connectivity index (χ2v) is 4.39. The highest BCUT2D eigenvalue weighted by atomic mass is 16.7. The van der Waals surface area contributed by atoms with E-state index in [0.717, 1.165) is 0 Å². The fraction of sp³-hybridized carbons (Fsp3) is 0.500. The molecule has 19 heavy (non-hydrogen) atoms. The predicted octanol–water partition coefficient (Wildman–Crippen LogP) is -1.55. The van der Waals surface area contributed by atoms with Gasteiger partial charge in [0, 0.05) is 11.8 Å². The quantitative estimate of drug-likeness (QED) is 0.421. The van der Waals surface area contributed by atoms with Gasteiger partial charge < -0.3 is 35.6 Å². The summed E-state index contributed by atoms with van der Waals surface area (Å²) in [5.41, 5.74) is 6.06. The molecule has 0 saturated carbocycles. The van der Waals surface area contributed by atoms with Gasteiger partial charge in [-0.05, 0) is 12.1 Å². The minimum Gasteiger partial charge on any atom is -0.462 e. The zero-order valence-electron chi connectivity index (χ0n) is 10.1. The number of benzene rings is 1. The van der Waals surface area contributed by atoms with E-state index in [-0.39, 0.29) is 0 Å². The summed E-state index contributed by atoms with van der Waals surface area (Å²) in [6.45, 7) is -0.498. The number of anilines is 1. The van der Waals surface area contributed by atoms with E-state index in [4.69, 9.17) is 20.3 Å². The smallest absolute Gasteiger partial charge is 0.229 e. The number of nitrogen functional groups attached to an aromatic ring is 1. The van der Waals surface area contributed by atoms with Gasteiger partial charge in [-0.15, -0.1) is 0 Å². The lowest BCUT2D eigenvalue weighted by Gasteiger charge is -2.39. The van der Waals surface area contributed by atoms with Crippen molar-refractivity contribution >= 4 is 5.69 Å². The minimum atomic E-state index is -1.46. The van der Waals surface area contributed by atoms with Crippen molar-refractivity contribution in [3.63, 3.8) is 0 Å². The van der Waals surface area contributed by atoms with Crippen molar-refractivity contribution < 1.29 is 29.9 Å². The summed E-state index contributed by atoms with van der Waals surface area (Å²) in [6, 6.07) is 6.47. The van der Waals surface area contributed by atoms with Gasteiger partial charge in [-0.25, -0.2) is 0 Å². The first kappa shape index (κ1) is 14.0. The van der Waals surface area contributed by atoms with Crippen molar-refractivity contribution in [3.05, 3.63) is 24.3 Å². The average molecular weight is 271 g/mol. The monoisotopic (exact) mass is 271 g/mol. The molecule has 0 aliphatic carbocycles. The standard InChI is InChI=1S/C12H17NO6/c13-6-2-1-3-7(4-6)18-12-11(17)10(16)9(15)8(5-14)19-12/h1-4,8-12,14-17H,5,13H2/t8-,9-,10+,11+,12+/m1/s1. The Morgan fingerprint density at radius 3 is 2.53 bits per heavy atom. The van der Waals surface area contributed by atoms with Gasteiger partial charge in [0.1, 0.15) is 30.2 Å². The fourth-order valence-corrected chi connectivity index (χ4v) is 1.89. The molecule has 0 amide bonds. The van der Waals surface area contributed by atoms with Crippen LogP contribution in [0.2, 0.25) is 0 Å². The number of rotatable bonds is 3. The maximum atomic E-state index is 9.78. The Kier molecular flexibility index (Phi) is 4.23. The van der Waals surface area contributed by atoms with Crippen LogP contribution in [0, 0.1) is 0 Å². The van der Waals surface area contributed by atoms with Gasteiger partial charge in [-0.3, -0.25) is 0 Å². The van der Waals surface area contributed by atoms with Crippen molar-refractivity contribution in [2.75, 3.05) is 12.3 Å². The van der Waals surface area contributed by atoms with Gasteiger partial charge in [0.05, 0.1) is 6.61 Å². The summed E-state index contributed by atoms with van der Waals surface area (Å²) in [4.78, 5) is 0. The zero-order chi connectivity index (χ0) is 14.0. The molecule has 7 nitrogen and oxygen atoms in total. The Balaban J connectivity index is 2.10. The highest BCUT2D eigenvalue weighted by Gasteiger charge is 2.44. The molecule has 1 aliphatic heterocycles. The Labute approximate surface area is 109 Å². The molecule has 1 fully saturated rings. The Morgan fingerprint density at radius 2 is 1.89 bits per heavy atom. The molecule has 0 radical (unpaired) electrons. The molecule has 7 heteroatoms. The van der Waals surface area contributed by atoms with E-state index in [1.54, 1.807) is 18.2 Å². The number of ether oxygens (including phenoxy) is 2. The minimum absolute atomic E-state index is 0.351. The fourth-order valence-electron chi connectivity index (χ4n) is 1.89. The van der Waals surface area contributed by atoms with Gasteiger partial charge in [0.25, 0.3) is 0 Å². The van der Waals surface area contributed by atoms with Crippen LogP contribution in [0.1, 0.15) is 0 Å². The second-order valence-electron chi connectivity index (χ2n) is 4.39. The average Bonchev–Trinajstić information content (AvgIpc) is 2.39. The van der Waals surface area contributed by atoms with Gasteiger partial charge in [-0.2, -0.15) is 0 Å². The van der Waals surface area contributed by atoms with Crippen molar-refractivity contribution in [2.45, 2.75) is 30.7 Å². The number of nitrogens with two attached hydrogens (primary N) is 1. The lowest BCUT2D eigenvalue weighted by Crippen LogP contribution is -2.60. The third-order valence-electron chi connectivity index (χ3n) is 2.96. The van der Waals surface area contributed by atoms with Crippen LogP contribution in [0.15, 0.2) is 24.3 Å². The van der Waals surface area contributed by atoms with Crippen LogP contribution in [0.4, 0.5) is 5.69 Å². The number of aliphatic hydroxyl groups is 4. The lowest BCUT2D eigenvalue weighted by atomic mass is 9.99. The Morgan fingerprint density at radius 1 is 1.16 bits per heavy atom. The largest absolute Gasteiger partial charge is 0.462 e. The number of aliphatic hydroxyl groups excluding tert-OH is 4. The summed E-state index contributed by atoms with van der Waals surface area (Å²) in [6.07, 6.45) is -6.49. The molecule has 1 aliphatic rings. The summed E-state index contributed by atoms with van der Waals surface area (Å²) in [5.74, 6) is 0.351. The summed E-state index contributed by atoms with van der Waals surface area (Å²) < 4.78 is 10.6. The second kappa shape index (κ2) is 5.72. The molecule has 5 atom stereocenters. The van der Waals surface area contributed by atoms with Gasteiger partial charge in [0.15, 0.2) is 0 Å². The molecule has 0 unspecified atom stereocenters. The molecule has 1 aromatic carbocycles. The normalized spacial score (nSPS) is 35.1. The van der Waals surface area contributed by atoms with Crippen LogP contribution in [0.3, 0.4) is 0 Å². The molecule has 1 aromatic rings. The first-order valence-electron chi connectivity index (χ1n) is 5.85. The summed E-state index contributed by atoms with van der Waals surface area (Å²) >= 11 is 0. The predicted molar refractivity (Wildman–Crippen MR) is 65.2 cm³/mol. The van der Waals surface area contributed by atoms with E-state index in [1.165, 1.54) is 6.07 Å². The topological polar surface area (TPSA) is 125 Å². The molecule has 1 heterocycles. The molecular weight excluding hydrogens is 254 g/mol. The van der Waals surface area contributed by atoms with Crippen molar-refractivity contribution in [2.24, 2.45) is 0 Å². The Hall–Kier alpha value is -1.38. The van der Waals surface area contributed by atoms with Crippen LogP contribution in [0.5, 0.6) is 5.75 Å². The van der Waals surface area contributed by atoms with E-state index in [9.17, 15) is 15.3 Å². The molecule has 0 aromatic heterocycles. The maximum Gasteiger partial charge on any atom is 0.229 e. The van der Waals surface area contributed by atoms with E-state index in [0.29, 0.717) is 11.4 Å². The molecule has 106 valence electrons. The van der Waals surface area contributed by atoms with Gasteiger partial charge in [0.2, 0.25) is 6.29 Å². The van der Waals surface area contributed by atoms with E-state index < -0.39 is 37.3 Å². The molecule has 6 N–H and O–H groups in total. The number of hydrogen-bond acceptors (Lipinski definition) is 7. The Bertz CT molecular complexity index is 426. The number of hydrogen-bond donors (Lipinski definition) is 5. The van der Waals surface area contributed by atoms with Crippen LogP contribution in [-0.4, -0.2) is 57.7 Å². The van der Waals surface area contributed by atoms with Crippen LogP contribution >= 0.6 is 0 Å². The third-order valence-corrected chi connectivity index (χ3v) is 2.96. The summed E-state index contributed by atoms with van der Waals surface area (Å²) in [7, 11) is 0. The van der Waals surface area contributed by atoms with Crippen molar-refractivity contribution in [3.8, 4) is 5.75 Å². The molecule has 2 rings (SSSR count).